The van der Waals surface area contributed by atoms with Gasteiger partial charge in [0, 0.05) is 18.7 Å². The van der Waals surface area contributed by atoms with Crippen LogP contribution in [0.4, 0.5) is 8.78 Å². The van der Waals surface area contributed by atoms with Gasteiger partial charge in [-0.3, -0.25) is 4.79 Å². The number of amides is 1. The zero-order chi connectivity index (χ0) is 13.1. The first kappa shape index (κ1) is 13.0. The Kier molecular flexibility index (Phi) is 3.91. The minimum absolute atomic E-state index is 0.0213. The molecule has 98 valence electrons. The molecule has 1 amide bonds. The molecule has 2 rings (SSSR count). The van der Waals surface area contributed by atoms with Crippen LogP contribution in [-0.2, 0) is 11.2 Å². The van der Waals surface area contributed by atoms with Crippen LogP contribution in [0.2, 0.25) is 0 Å². The molecule has 0 aromatic heterocycles. The van der Waals surface area contributed by atoms with E-state index < -0.39 is 11.6 Å². The molecule has 5 heteroatoms. The van der Waals surface area contributed by atoms with E-state index in [9.17, 15) is 13.6 Å². The largest absolute Gasteiger partial charge is 0.354 e. The minimum Gasteiger partial charge on any atom is -0.354 e. The summed E-state index contributed by atoms with van der Waals surface area (Å²) in [5.41, 5.74) is 6.02. The van der Waals surface area contributed by atoms with Gasteiger partial charge in [0.1, 0.15) is 11.6 Å². The Balaban J connectivity index is 1.82. The zero-order valence-electron chi connectivity index (χ0n) is 9.96. The molecular weight excluding hydrogens is 238 g/mol. The lowest BCUT2D eigenvalue weighted by atomic mass is 10.1. The fourth-order valence-corrected chi connectivity index (χ4v) is 1.82. The summed E-state index contributed by atoms with van der Waals surface area (Å²) < 4.78 is 26.0. The van der Waals surface area contributed by atoms with Crippen LogP contribution in [0.3, 0.4) is 0 Å². The zero-order valence-corrected chi connectivity index (χ0v) is 9.96. The van der Waals surface area contributed by atoms with E-state index in [0.29, 0.717) is 12.5 Å². The summed E-state index contributed by atoms with van der Waals surface area (Å²) in [7, 11) is 0. The van der Waals surface area contributed by atoms with Gasteiger partial charge in [0.25, 0.3) is 0 Å². The third-order valence-corrected chi connectivity index (χ3v) is 3.13. The van der Waals surface area contributed by atoms with Crippen molar-refractivity contribution in [3.63, 3.8) is 0 Å². The first-order valence-electron chi connectivity index (χ1n) is 6.02. The van der Waals surface area contributed by atoms with Crippen molar-refractivity contribution in [1.29, 1.82) is 0 Å². The molecule has 1 saturated carbocycles. The standard InChI is InChI=1S/C13H16F2N2O/c14-10-4-3-9(11(15)6-10)5-13(18)17-7-12(16)8-1-2-8/h3-4,6,8,12H,1-2,5,7,16H2,(H,17,18). The number of benzene rings is 1. The molecule has 1 atom stereocenters. The van der Waals surface area contributed by atoms with Crippen molar-refractivity contribution in [2.75, 3.05) is 6.54 Å². The van der Waals surface area contributed by atoms with Crippen LogP contribution >= 0.6 is 0 Å². The van der Waals surface area contributed by atoms with Gasteiger partial charge in [0.15, 0.2) is 0 Å². The first-order chi connectivity index (χ1) is 8.56. The Bertz CT molecular complexity index is 447. The lowest BCUT2D eigenvalue weighted by molar-refractivity contribution is -0.120. The average Bonchev–Trinajstić information content (AvgIpc) is 3.14. The second kappa shape index (κ2) is 5.44. The summed E-state index contributed by atoms with van der Waals surface area (Å²) in [4.78, 5) is 11.6. The number of nitrogens with two attached hydrogens (primary N) is 1. The molecule has 1 aliphatic carbocycles. The molecular formula is C13H16F2N2O. The molecule has 18 heavy (non-hydrogen) atoms. The number of rotatable bonds is 5. The summed E-state index contributed by atoms with van der Waals surface area (Å²) >= 11 is 0. The fraction of sp³-hybridized carbons (Fsp3) is 0.462. The summed E-state index contributed by atoms with van der Waals surface area (Å²) in [6.45, 7) is 0.409. The van der Waals surface area contributed by atoms with Gasteiger partial charge in [0.2, 0.25) is 5.91 Å². The van der Waals surface area contributed by atoms with Crippen molar-refractivity contribution >= 4 is 5.91 Å². The van der Waals surface area contributed by atoms with Crippen LogP contribution in [0, 0.1) is 17.6 Å². The van der Waals surface area contributed by atoms with E-state index in [1.807, 2.05) is 0 Å². The molecule has 0 heterocycles. The van der Waals surface area contributed by atoms with E-state index in [2.05, 4.69) is 5.32 Å². The number of carbonyl (C=O) groups excluding carboxylic acids is 1. The van der Waals surface area contributed by atoms with Crippen LogP contribution in [0.5, 0.6) is 0 Å². The molecule has 0 aliphatic heterocycles. The third kappa shape index (κ3) is 3.50. The van der Waals surface area contributed by atoms with Crippen molar-refractivity contribution in [3.05, 3.63) is 35.4 Å². The van der Waals surface area contributed by atoms with Gasteiger partial charge in [-0.25, -0.2) is 8.78 Å². The Morgan fingerprint density at radius 3 is 2.78 bits per heavy atom. The van der Waals surface area contributed by atoms with Crippen molar-refractivity contribution in [2.24, 2.45) is 11.7 Å². The van der Waals surface area contributed by atoms with E-state index in [1.165, 1.54) is 6.07 Å². The van der Waals surface area contributed by atoms with Gasteiger partial charge >= 0.3 is 0 Å². The van der Waals surface area contributed by atoms with Crippen molar-refractivity contribution in [2.45, 2.75) is 25.3 Å². The molecule has 1 aromatic rings. The summed E-state index contributed by atoms with van der Waals surface area (Å²) in [5, 5.41) is 2.67. The quantitative estimate of drug-likeness (QED) is 0.833. The van der Waals surface area contributed by atoms with Gasteiger partial charge in [0.05, 0.1) is 6.42 Å². The second-order valence-electron chi connectivity index (χ2n) is 4.72. The van der Waals surface area contributed by atoms with Crippen LogP contribution in [-0.4, -0.2) is 18.5 Å². The van der Waals surface area contributed by atoms with Crippen LogP contribution < -0.4 is 11.1 Å². The Labute approximate surface area is 104 Å². The molecule has 0 saturated heterocycles. The normalized spacial score (nSPS) is 16.4. The van der Waals surface area contributed by atoms with E-state index >= 15 is 0 Å². The molecule has 0 radical (unpaired) electrons. The van der Waals surface area contributed by atoms with Gasteiger partial charge in [-0.05, 0) is 30.4 Å². The Morgan fingerprint density at radius 2 is 2.17 bits per heavy atom. The smallest absolute Gasteiger partial charge is 0.224 e. The summed E-state index contributed by atoms with van der Waals surface area (Å²) in [6.07, 6.45) is 2.14. The minimum atomic E-state index is -0.698. The Morgan fingerprint density at radius 1 is 1.44 bits per heavy atom. The maximum atomic E-state index is 13.3. The van der Waals surface area contributed by atoms with Gasteiger partial charge < -0.3 is 11.1 Å². The van der Waals surface area contributed by atoms with Crippen LogP contribution in [0.25, 0.3) is 0 Å². The van der Waals surface area contributed by atoms with Crippen LogP contribution in [0.1, 0.15) is 18.4 Å². The van der Waals surface area contributed by atoms with Crippen molar-refractivity contribution < 1.29 is 13.6 Å². The maximum absolute atomic E-state index is 13.3. The lowest BCUT2D eigenvalue weighted by Gasteiger charge is -2.11. The lowest BCUT2D eigenvalue weighted by Crippen LogP contribution is -2.39. The van der Waals surface area contributed by atoms with E-state index in [4.69, 9.17) is 5.73 Å². The topological polar surface area (TPSA) is 55.1 Å². The maximum Gasteiger partial charge on any atom is 0.224 e. The summed E-state index contributed by atoms with van der Waals surface area (Å²) in [6, 6.07) is 3.18. The highest BCUT2D eigenvalue weighted by Crippen LogP contribution is 2.31. The van der Waals surface area contributed by atoms with Crippen molar-refractivity contribution in [1.82, 2.24) is 5.32 Å². The first-order valence-corrected chi connectivity index (χ1v) is 6.02. The van der Waals surface area contributed by atoms with Gasteiger partial charge in [-0.2, -0.15) is 0 Å². The number of hydrogen-bond donors (Lipinski definition) is 2. The van der Waals surface area contributed by atoms with Crippen LogP contribution in [0.15, 0.2) is 18.2 Å². The highest BCUT2D eigenvalue weighted by Gasteiger charge is 2.28. The molecule has 1 aliphatic rings. The third-order valence-electron chi connectivity index (χ3n) is 3.13. The molecule has 3 N–H and O–H groups in total. The highest BCUT2D eigenvalue weighted by atomic mass is 19.1. The van der Waals surface area contributed by atoms with Gasteiger partial charge in [-0.1, -0.05) is 6.07 Å². The molecule has 0 spiro atoms. The fourth-order valence-electron chi connectivity index (χ4n) is 1.82. The second-order valence-corrected chi connectivity index (χ2v) is 4.72. The number of halogens is 2. The SMILES string of the molecule is NC(CNC(=O)Cc1ccc(F)cc1F)C1CC1. The number of nitrogens with one attached hydrogen (secondary N) is 1. The van der Waals surface area contributed by atoms with Gasteiger partial charge in [-0.15, -0.1) is 0 Å². The summed E-state index contributed by atoms with van der Waals surface area (Å²) in [5.74, 6) is -1.13. The molecule has 0 bridgehead atoms. The number of carbonyl (C=O) groups is 1. The highest BCUT2D eigenvalue weighted by molar-refractivity contribution is 5.78. The predicted octanol–water partition coefficient (Wildman–Crippen LogP) is 1.36. The van der Waals surface area contributed by atoms with E-state index in [0.717, 1.165) is 25.0 Å². The Hall–Kier alpha value is -1.49. The van der Waals surface area contributed by atoms with E-state index in [-0.39, 0.29) is 23.9 Å². The molecule has 3 nitrogen and oxygen atoms in total. The predicted molar refractivity (Wildman–Crippen MR) is 63.8 cm³/mol. The average molecular weight is 254 g/mol. The molecule has 1 aromatic carbocycles. The van der Waals surface area contributed by atoms with Crippen molar-refractivity contribution in [3.8, 4) is 0 Å². The van der Waals surface area contributed by atoms with E-state index in [1.54, 1.807) is 0 Å². The number of hydrogen-bond acceptors (Lipinski definition) is 2. The molecule has 1 unspecified atom stereocenters. The molecule has 1 fully saturated rings. The monoisotopic (exact) mass is 254 g/mol.